The van der Waals surface area contributed by atoms with E-state index in [0.29, 0.717) is 12.5 Å². The van der Waals surface area contributed by atoms with Crippen molar-refractivity contribution >= 4 is 11.8 Å². The topological polar surface area (TPSA) is 58.6 Å². The number of hydrogen-bond donors (Lipinski definition) is 1. The highest BCUT2D eigenvalue weighted by Crippen LogP contribution is 2.28. The van der Waals surface area contributed by atoms with Crippen molar-refractivity contribution < 1.29 is 14.3 Å². The third kappa shape index (κ3) is 6.22. The number of nitrogens with zero attached hydrogens (tertiary/aromatic N) is 1. The molecule has 1 aromatic rings. The number of carbonyl (C=O) groups is 2. The number of likely N-dealkylation sites (N-methyl/N-ethyl adjacent to an activating group) is 1. The van der Waals surface area contributed by atoms with Gasteiger partial charge in [-0.15, -0.1) is 0 Å². The van der Waals surface area contributed by atoms with Crippen molar-refractivity contribution in [1.82, 2.24) is 10.2 Å². The lowest BCUT2D eigenvalue weighted by molar-refractivity contribution is -0.137. The SMILES string of the molecule is CCC(C)c1ccccc1OCC(=O)N(CC)CC(=O)NC(C)C. The molecular formula is C19H30N2O3. The van der Waals surface area contributed by atoms with E-state index in [4.69, 9.17) is 4.74 Å². The number of carbonyl (C=O) groups excluding carboxylic acids is 2. The van der Waals surface area contributed by atoms with Gasteiger partial charge in [0.1, 0.15) is 5.75 Å². The van der Waals surface area contributed by atoms with Gasteiger partial charge < -0.3 is 15.0 Å². The Morgan fingerprint density at radius 2 is 1.83 bits per heavy atom. The van der Waals surface area contributed by atoms with Crippen LogP contribution in [-0.2, 0) is 9.59 Å². The predicted octanol–water partition coefficient (Wildman–Crippen LogP) is 2.95. The molecule has 0 heterocycles. The van der Waals surface area contributed by atoms with Crippen molar-refractivity contribution in [1.29, 1.82) is 0 Å². The van der Waals surface area contributed by atoms with Gasteiger partial charge in [-0.25, -0.2) is 0 Å². The van der Waals surface area contributed by atoms with Gasteiger partial charge in [0, 0.05) is 12.6 Å². The van der Waals surface area contributed by atoms with Crippen molar-refractivity contribution in [2.24, 2.45) is 0 Å². The smallest absolute Gasteiger partial charge is 0.260 e. The zero-order valence-electron chi connectivity index (χ0n) is 15.5. The van der Waals surface area contributed by atoms with Crippen LogP contribution in [0.5, 0.6) is 5.75 Å². The van der Waals surface area contributed by atoms with Crippen molar-refractivity contribution in [3.05, 3.63) is 29.8 Å². The first kappa shape index (κ1) is 20.0. The number of ether oxygens (including phenoxy) is 1. The molecule has 0 aliphatic carbocycles. The van der Waals surface area contributed by atoms with Crippen LogP contribution in [0.25, 0.3) is 0 Å². The van der Waals surface area contributed by atoms with Gasteiger partial charge in [0.25, 0.3) is 5.91 Å². The highest BCUT2D eigenvalue weighted by atomic mass is 16.5. The minimum atomic E-state index is -0.185. The van der Waals surface area contributed by atoms with Crippen LogP contribution in [0.1, 0.15) is 52.5 Å². The molecule has 0 saturated heterocycles. The van der Waals surface area contributed by atoms with Crippen LogP contribution in [0, 0.1) is 0 Å². The fourth-order valence-corrected chi connectivity index (χ4v) is 2.39. The molecule has 0 saturated carbocycles. The molecule has 134 valence electrons. The molecule has 1 unspecified atom stereocenters. The summed E-state index contributed by atoms with van der Waals surface area (Å²) >= 11 is 0. The van der Waals surface area contributed by atoms with Crippen LogP contribution in [0.4, 0.5) is 0 Å². The Bertz CT molecular complexity index is 543. The molecule has 0 bridgehead atoms. The number of para-hydroxylation sites is 1. The van der Waals surface area contributed by atoms with Crippen LogP contribution in [-0.4, -0.2) is 42.5 Å². The molecule has 1 atom stereocenters. The maximum absolute atomic E-state index is 12.3. The fourth-order valence-electron chi connectivity index (χ4n) is 2.39. The first-order chi connectivity index (χ1) is 11.4. The van der Waals surface area contributed by atoms with E-state index in [1.807, 2.05) is 45.0 Å². The second kappa shape index (κ2) is 9.96. The van der Waals surface area contributed by atoms with Crippen molar-refractivity contribution in [2.45, 2.75) is 53.0 Å². The fraction of sp³-hybridized carbons (Fsp3) is 0.579. The average Bonchev–Trinajstić information content (AvgIpc) is 2.56. The number of amides is 2. The summed E-state index contributed by atoms with van der Waals surface area (Å²) in [5, 5.41) is 2.79. The van der Waals surface area contributed by atoms with Crippen molar-refractivity contribution in [3.8, 4) is 5.75 Å². The molecule has 1 rings (SSSR count). The van der Waals surface area contributed by atoms with Crippen LogP contribution in [0.3, 0.4) is 0 Å². The Morgan fingerprint density at radius 1 is 1.17 bits per heavy atom. The molecule has 0 spiro atoms. The van der Waals surface area contributed by atoms with E-state index in [-0.39, 0.29) is 31.0 Å². The van der Waals surface area contributed by atoms with E-state index in [2.05, 4.69) is 19.2 Å². The van der Waals surface area contributed by atoms with Gasteiger partial charge in [0.2, 0.25) is 5.91 Å². The standard InChI is InChI=1S/C19H30N2O3/c1-6-15(5)16-10-8-9-11-17(16)24-13-19(23)21(7-2)12-18(22)20-14(3)4/h8-11,14-15H,6-7,12-13H2,1-5H3,(H,20,22). The van der Waals surface area contributed by atoms with Gasteiger partial charge in [-0.2, -0.15) is 0 Å². The summed E-state index contributed by atoms with van der Waals surface area (Å²) in [4.78, 5) is 25.7. The Kier molecular flexibility index (Phi) is 8.30. The number of benzene rings is 1. The van der Waals surface area contributed by atoms with Gasteiger partial charge in [-0.05, 0) is 44.7 Å². The monoisotopic (exact) mass is 334 g/mol. The summed E-state index contributed by atoms with van der Waals surface area (Å²) < 4.78 is 5.74. The van der Waals surface area contributed by atoms with Gasteiger partial charge >= 0.3 is 0 Å². The molecule has 1 aromatic carbocycles. The van der Waals surface area contributed by atoms with E-state index in [0.717, 1.165) is 17.7 Å². The molecule has 5 heteroatoms. The lowest BCUT2D eigenvalue weighted by atomic mass is 9.98. The second-order valence-corrected chi connectivity index (χ2v) is 6.27. The van der Waals surface area contributed by atoms with Crippen LogP contribution < -0.4 is 10.1 Å². The summed E-state index contributed by atoms with van der Waals surface area (Å²) in [6.45, 7) is 10.4. The van der Waals surface area contributed by atoms with Crippen molar-refractivity contribution in [2.75, 3.05) is 19.7 Å². The third-order valence-electron chi connectivity index (χ3n) is 3.93. The Morgan fingerprint density at radius 3 is 2.42 bits per heavy atom. The highest BCUT2D eigenvalue weighted by molar-refractivity contribution is 5.85. The second-order valence-electron chi connectivity index (χ2n) is 6.27. The quantitative estimate of drug-likeness (QED) is 0.755. The van der Waals surface area contributed by atoms with Crippen LogP contribution in [0.15, 0.2) is 24.3 Å². The summed E-state index contributed by atoms with van der Waals surface area (Å²) in [7, 11) is 0. The molecule has 2 amide bonds. The molecule has 5 nitrogen and oxygen atoms in total. The predicted molar refractivity (Wildman–Crippen MR) is 96.2 cm³/mol. The average molecular weight is 334 g/mol. The molecule has 1 N–H and O–H groups in total. The van der Waals surface area contributed by atoms with Crippen molar-refractivity contribution in [3.63, 3.8) is 0 Å². The molecule has 0 aliphatic rings. The Labute approximate surface area is 145 Å². The lowest BCUT2D eigenvalue weighted by Gasteiger charge is -2.22. The van der Waals surface area contributed by atoms with Crippen LogP contribution in [0.2, 0.25) is 0 Å². The Hall–Kier alpha value is -2.04. The molecule has 24 heavy (non-hydrogen) atoms. The summed E-state index contributed by atoms with van der Waals surface area (Å²) in [6, 6.07) is 7.85. The third-order valence-corrected chi connectivity index (χ3v) is 3.93. The largest absolute Gasteiger partial charge is 0.483 e. The summed E-state index contributed by atoms with van der Waals surface area (Å²) in [5.41, 5.74) is 1.10. The zero-order valence-corrected chi connectivity index (χ0v) is 15.5. The molecule has 0 fully saturated rings. The normalized spacial score (nSPS) is 11.9. The van der Waals surface area contributed by atoms with E-state index in [1.54, 1.807) is 0 Å². The van der Waals surface area contributed by atoms with Gasteiger partial charge in [0.05, 0.1) is 6.54 Å². The number of hydrogen-bond acceptors (Lipinski definition) is 3. The zero-order chi connectivity index (χ0) is 18.1. The maximum atomic E-state index is 12.3. The molecule has 0 radical (unpaired) electrons. The number of rotatable bonds is 9. The van der Waals surface area contributed by atoms with Gasteiger partial charge in [-0.3, -0.25) is 9.59 Å². The number of nitrogens with one attached hydrogen (secondary N) is 1. The maximum Gasteiger partial charge on any atom is 0.260 e. The minimum Gasteiger partial charge on any atom is -0.483 e. The molecular weight excluding hydrogens is 304 g/mol. The van der Waals surface area contributed by atoms with E-state index >= 15 is 0 Å². The highest BCUT2D eigenvalue weighted by Gasteiger charge is 2.17. The first-order valence-corrected chi connectivity index (χ1v) is 8.67. The van der Waals surface area contributed by atoms with Crippen LogP contribution >= 0.6 is 0 Å². The van der Waals surface area contributed by atoms with E-state index in [1.165, 1.54) is 4.90 Å². The summed E-state index contributed by atoms with van der Waals surface area (Å²) in [6.07, 6.45) is 1.00. The lowest BCUT2D eigenvalue weighted by Crippen LogP contribution is -2.44. The van der Waals surface area contributed by atoms with Gasteiger partial charge in [-0.1, -0.05) is 32.0 Å². The molecule has 0 aliphatic heterocycles. The van der Waals surface area contributed by atoms with E-state index in [9.17, 15) is 9.59 Å². The Balaban J connectivity index is 2.65. The minimum absolute atomic E-state index is 0.0593. The molecule has 0 aromatic heterocycles. The van der Waals surface area contributed by atoms with Gasteiger partial charge in [0.15, 0.2) is 6.61 Å². The van der Waals surface area contributed by atoms with E-state index < -0.39 is 0 Å². The summed E-state index contributed by atoms with van der Waals surface area (Å²) in [5.74, 6) is 0.772. The first-order valence-electron chi connectivity index (χ1n) is 8.67.